The van der Waals surface area contributed by atoms with Crippen LogP contribution in [-0.2, 0) is 11.3 Å². The normalized spacial score (nSPS) is 17.4. The number of pyridine rings is 1. The summed E-state index contributed by atoms with van der Waals surface area (Å²) < 4.78 is 0.832. The van der Waals surface area contributed by atoms with Crippen LogP contribution in [0.3, 0.4) is 0 Å². The summed E-state index contributed by atoms with van der Waals surface area (Å²) >= 11 is 3.40. The first kappa shape index (κ1) is 20.4. The fraction of sp³-hybridized carbons (Fsp3) is 0.350. The highest BCUT2D eigenvalue weighted by Gasteiger charge is 2.35. The molecular weight excluding hydrogens is 422 g/mol. The van der Waals surface area contributed by atoms with Crippen molar-refractivity contribution >= 4 is 27.7 Å². The lowest BCUT2D eigenvalue weighted by atomic mass is 10.1. The summed E-state index contributed by atoms with van der Waals surface area (Å²) in [5, 5.41) is 2.83. The molecule has 28 heavy (non-hydrogen) atoms. The van der Waals surface area contributed by atoms with Crippen molar-refractivity contribution in [2.24, 2.45) is 5.73 Å². The van der Waals surface area contributed by atoms with Gasteiger partial charge in [0.2, 0.25) is 5.91 Å². The fourth-order valence-corrected chi connectivity index (χ4v) is 3.70. The summed E-state index contributed by atoms with van der Waals surface area (Å²) in [7, 11) is 0. The molecule has 0 spiro atoms. The molecule has 0 aliphatic carbocycles. The molecule has 8 heteroatoms. The number of benzene rings is 1. The zero-order chi connectivity index (χ0) is 19.9. The first-order valence-electron chi connectivity index (χ1n) is 9.24. The van der Waals surface area contributed by atoms with Gasteiger partial charge in [-0.3, -0.25) is 19.5 Å². The van der Waals surface area contributed by atoms with E-state index >= 15 is 0 Å². The van der Waals surface area contributed by atoms with E-state index in [9.17, 15) is 9.59 Å². The summed E-state index contributed by atoms with van der Waals surface area (Å²) in [5.41, 5.74) is 7.21. The van der Waals surface area contributed by atoms with Gasteiger partial charge < -0.3 is 16.0 Å². The van der Waals surface area contributed by atoms with Crippen LogP contribution in [0.4, 0.5) is 0 Å². The van der Waals surface area contributed by atoms with Gasteiger partial charge in [-0.2, -0.15) is 0 Å². The summed E-state index contributed by atoms with van der Waals surface area (Å²) in [4.78, 5) is 33.7. The van der Waals surface area contributed by atoms with Gasteiger partial charge in [0.25, 0.3) is 5.91 Å². The van der Waals surface area contributed by atoms with Crippen LogP contribution in [-0.4, -0.2) is 65.4 Å². The highest BCUT2D eigenvalue weighted by Crippen LogP contribution is 2.19. The largest absolute Gasteiger partial charge is 0.353 e. The van der Waals surface area contributed by atoms with Crippen molar-refractivity contribution in [2.75, 3.05) is 32.7 Å². The lowest BCUT2D eigenvalue weighted by Gasteiger charge is -2.40. The third kappa shape index (κ3) is 5.15. The number of nitrogens with one attached hydrogen (secondary N) is 1. The van der Waals surface area contributed by atoms with E-state index < -0.39 is 6.04 Å². The molecule has 1 saturated heterocycles. The highest BCUT2D eigenvalue weighted by atomic mass is 79.9. The average molecular weight is 446 g/mol. The third-order valence-electron chi connectivity index (χ3n) is 4.70. The van der Waals surface area contributed by atoms with E-state index in [1.807, 2.05) is 24.3 Å². The van der Waals surface area contributed by atoms with Gasteiger partial charge in [-0.25, -0.2) is 0 Å². The Morgan fingerprint density at radius 2 is 2.00 bits per heavy atom. The topological polar surface area (TPSA) is 91.6 Å². The molecule has 1 aromatic carbocycles. The molecule has 0 saturated carbocycles. The van der Waals surface area contributed by atoms with Crippen molar-refractivity contribution in [2.45, 2.75) is 12.6 Å². The van der Waals surface area contributed by atoms with Crippen LogP contribution in [0.1, 0.15) is 15.9 Å². The summed E-state index contributed by atoms with van der Waals surface area (Å²) in [5.74, 6) is -0.314. The second kappa shape index (κ2) is 9.77. The van der Waals surface area contributed by atoms with Gasteiger partial charge in [0.05, 0.1) is 0 Å². The number of rotatable bonds is 6. The Balaban J connectivity index is 1.77. The molecule has 2 heterocycles. The molecule has 0 bridgehead atoms. The van der Waals surface area contributed by atoms with Crippen molar-refractivity contribution in [1.82, 2.24) is 20.1 Å². The van der Waals surface area contributed by atoms with Gasteiger partial charge in [0, 0.05) is 61.7 Å². The minimum absolute atomic E-state index is 0.141. The molecule has 1 fully saturated rings. The smallest absolute Gasteiger partial charge is 0.254 e. The monoisotopic (exact) mass is 445 g/mol. The van der Waals surface area contributed by atoms with Crippen molar-refractivity contribution < 1.29 is 9.59 Å². The fourth-order valence-electron chi connectivity index (χ4n) is 3.30. The molecule has 1 aliphatic rings. The Bertz CT molecular complexity index is 817. The average Bonchev–Trinajstić information content (AvgIpc) is 2.72. The SMILES string of the molecule is NCCNC(=O)C1CN(Cc2ccncc2)CCN1C(=O)c1cccc(Br)c1. The predicted molar refractivity (Wildman–Crippen MR) is 111 cm³/mol. The number of aromatic nitrogens is 1. The Labute approximate surface area is 173 Å². The van der Waals surface area contributed by atoms with Crippen LogP contribution in [0, 0.1) is 0 Å². The van der Waals surface area contributed by atoms with E-state index in [2.05, 4.69) is 31.1 Å². The number of hydrogen-bond donors (Lipinski definition) is 2. The second-order valence-electron chi connectivity index (χ2n) is 6.69. The molecular formula is C20H24BrN5O2. The Hall–Kier alpha value is -2.29. The van der Waals surface area contributed by atoms with Crippen molar-refractivity contribution in [3.8, 4) is 0 Å². The van der Waals surface area contributed by atoms with Crippen molar-refractivity contribution in [3.05, 3.63) is 64.4 Å². The maximum absolute atomic E-state index is 13.1. The molecule has 1 aromatic heterocycles. The summed E-state index contributed by atoms with van der Waals surface area (Å²) in [6.07, 6.45) is 3.52. The van der Waals surface area contributed by atoms with E-state index in [0.717, 1.165) is 10.0 Å². The number of halogens is 1. The third-order valence-corrected chi connectivity index (χ3v) is 5.19. The zero-order valence-electron chi connectivity index (χ0n) is 15.6. The van der Waals surface area contributed by atoms with Crippen LogP contribution >= 0.6 is 15.9 Å². The Morgan fingerprint density at radius 3 is 2.71 bits per heavy atom. The first-order valence-corrected chi connectivity index (χ1v) is 10.0. The number of piperazine rings is 1. The molecule has 1 unspecified atom stereocenters. The molecule has 148 valence electrons. The van der Waals surface area contributed by atoms with E-state index in [-0.39, 0.29) is 11.8 Å². The molecule has 2 aromatic rings. The van der Waals surface area contributed by atoms with E-state index in [4.69, 9.17) is 5.73 Å². The van der Waals surface area contributed by atoms with Gasteiger partial charge in [-0.15, -0.1) is 0 Å². The number of nitrogens with zero attached hydrogens (tertiary/aromatic N) is 3. The summed E-state index contributed by atoms with van der Waals surface area (Å²) in [6.45, 7) is 3.11. The number of hydrogen-bond acceptors (Lipinski definition) is 5. The standard InChI is InChI=1S/C20H24BrN5O2/c21-17-3-1-2-16(12-17)20(28)26-11-10-25(13-15-4-7-23-8-5-15)14-18(26)19(27)24-9-6-22/h1-5,7-8,12,18H,6,9-11,13-14,22H2,(H,24,27). The predicted octanol–water partition coefficient (Wildman–Crippen LogP) is 1.25. The number of nitrogens with two attached hydrogens (primary N) is 1. The first-order chi connectivity index (χ1) is 13.6. The molecule has 2 amide bonds. The van der Waals surface area contributed by atoms with E-state index in [1.165, 1.54) is 0 Å². The van der Waals surface area contributed by atoms with Gasteiger partial charge >= 0.3 is 0 Å². The van der Waals surface area contributed by atoms with E-state index in [0.29, 0.717) is 44.8 Å². The van der Waals surface area contributed by atoms with Gasteiger partial charge in [0.15, 0.2) is 0 Å². The second-order valence-corrected chi connectivity index (χ2v) is 7.61. The Morgan fingerprint density at radius 1 is 1.21 bits per heavy atom. The lowest BCUT2D eigenvalue weighted by Crippen LogP contribution is -2.60. The van der Waals surface area contributed by atoms with Crippen LogP contribution < -0.4 is 11.1 Å². The van der Waals surface area contributed by atoms with E-state index in [1.54, 1.807) is 29.4 Å². The lowest BCUT2D eigenvalue weighted by molar-refractivity contribution is -0.127. The maximum atomic E-state index is 13.1. The number of carbonyl (C=O) groups is 2. The number of carbonyl (C=O) groups excluding carboxylic acids is 2. The number of amides is 2. The molecule has 1 aliphatic heterocycles. The van der Waals surface area contributed by atoms with Gasteiger partial charge in [-0.1, -0.05) is 22.0 Å². The summed E-state index contributed by atoms with van der Waals surface area (Å²) in [6, 6.07) is 10.6. The van der Waals surface area contributed by atoms with Gasteiger partial charge in [-0.05, 0) is 35.9 Å². The molecule has 7 nitrogen and oxygen atoms in total. The minimum Gasteiger partial charge on any atom is -0.353 e. The highest BCUT2D eigenvalue weighted by molar-refractivity contribution is 9.10. The van der Waals surface area contributed by atoms with Crippen molar-refractivity contribution in [1.29, 1.82) is 0 Å². The quantitative estimate of drug-likeness (QED) is 0.697. The van der Waals surface area contributed by atoms with Crippen LogP contribution in [0.5, 0.6) is 0 Å². The van der Waals surface area contributed by atoms with Gasteiger partial charge in [0.1, 0.15) is 6.04 Å². The molecule has 3 N–H and O–H groups in total. The molecule has 0 radical (unpaired) electrons. The zero-order valence-corrected chi connectivity index (χ0v) is 17.1. The van der Waals surface area contributed by atoms with Crippen LogP contribution in [0.15, 0.2) is 53.3 Å². The van der Waals surface area contributed by atoms with Crippen molar-refractivity contribution in [3.63, 3.8) is 0 Å². The Kier molecular flexibility index (Phi) is 7.13. The molecule has 1 atom stereocenters. The van der Waals surface area contributed by atoms with Crippen LogP contribution in [0.2, 0.25) is 0 Å². The van der Waals surface area contributed by atoms with Crippen LogP contribution in [0.25, 0.3) is 0 Å². The maximum Gasteiger partial charge on any atom is 0.254 e. The molecule has 3 rings (SSSR count). The minimum atomic E-state index is -0.561.